The number of halogens is 1. The van der Waals surface area contributed by atoms with Gasteiger partial charge in [0.05, 0.1) is 16.7 Å². The SMILES string of the molecule is CC(C)(CS(=O)(=O)c1ccccc1F)C(=O)NC(C)(C)c1ccccc1. The highest BCUT2D eigenvalue weighted by molar-refractivity contribution is 7.91. The molecule has 0 bridgehead atoms. The Morgan fingerprint density at radius 3 is 2.08 bits per heavy atom. The summed E-state index contributed by atoms with van der Waals surface area (Å²) in [6.45, 7) is 6.78. The van der Waals surface area contributed by atoms with Gasteiger partial charge in [0.25, 0.3) is 0 Å². The summed E-state index contributed by atoms with van der Waals surface area (Å²) in [5.74, 6) is -1.71. The van der Waals surface area contributed by atoms with E-state index in [1.807, 2.05) is 44.2 Å². The van der Waals surface area contributed by atoms with Crippen LogP contribution in [0.5, 0.6) is 0 Å². The van der Waals surface area contributed by atoms with Crippen LogP contribution >= 0.6 is 0 Å². The molecule has 6 heteroatoms. The van der Waals surface area contributed by atoms with Gasteiger partial charge in [0.2, 0.25) is 5.91 Å². The number of hydrogen-bond acceptors (Lipinski definition) is 3. The first-order valence-corrected chi connectivity index (χ1v) is 9.96. The van der Waals surface area contributed by atoms with Gasteiger partial charge in [-0.15, -0.1) is 0 Å². The van der Waals surface area contributed by atoms with Crippen molar-refractivity contribution in [3.8, 4) is 0 Å². The van der Waals surface area contributed by atoms with Crippen molar-refractivity contribution in [2.24, 2.45) is 5.41 Å². The second kappa shape index (κ2) is 7.19. The number of nitrogens with one attached hydrogen (secondary N) is 1. The van der Waals surface area contributed by atoms with Crippen molar-refractivity contribution in [3.63, 3.8) is 0 Å². The summed E-state index contributed by atoms with van der Waals surface area (Å²) in [4.78, 5) is 12.4. The molecule has 140 valence electrons. The van der Waals surface area contributed by atoms with Crippen LogP contribution in [-0.4, -0.2) is 20.1 Å². The van der Waals surface area contributed by atoms with Crippen LogP contribution in [-0.2, 0) is 20.2 Å². The minimum absolute atomic E-state index is 0.386. The summed E-state index contributed by atoms with van der Waals surface area (Å²) in [6, 6.07) is 14.6. The Morgan fingerprint density at radius 1 is 0.962 bits per heavy atom. The normalized spacial score (nSPS) is 12.7. The standard InChI is InChI=1S/C20H24FNO3S/c1-19(2,14-26(24,25)17-13-9-8-12-16(17)21)18(23)22-20(3,4)15-10-6-5-7-11-15/h5-13H,14H2,1-4H3,(H,22,23). The maximum Gasteiger partial charge on any atom is 0.227 e. The van der Waals surface area contributed by atoms with Crippen molar-refractivity contribution in [2.45, 2.75) is 38.1 Å². The van der Waals surface area contributed by atoms with E-state index in [1.54, 1.807) is 13.8 Å². The van der Waals surface area contributed by atoms with E-state index >= 15 is 0 Å². The largest absolute Gasteiger partial charge is 0.347 e. The molecule has 0 radical (unpaired) electrons. The average molecular weight is 377 g/mol. The summed E-state index contributed by atoms with van der Waals surface area (Å²) >= 11 is 0. The molecule has 2 aromatic rings. The second-order valence-electron chi connectivity index (χ2n) is 7.52. The lowest BCUT2D eigenvalue weighted by atomic mass is 9.89. The van der Waals surface area contributed by atoms with Gasteiger partial charge in [0.15, 0.2) is 9.84 Å². The minimum Gasteiger partial charge on any atom is -0.347 e. The van der Waals surface area contributed by atoms with Crippen LogP contribution in [0.2, 0.25) is 0 Å². The number of hydrogen-bond donors (Lipinski definition) is 1. The maximum absolute atomic E-state index is 13.9. The molecular formula is C20H24FNO3S. The Morgan fingerprint density at radius 2 is 1.50 bits per heavy atom. The molecule has 0 aliphatic heterocycles. The summed E-state index contributed by atoms with van der Waals surface area (Å²) in [5, 5.41) is 2.90. The number of amides is 1. The smallest absolute Gasteiger partial charge is 0.227 e. The van der Waals surface area contributed by atoms with E-state index in [0.29, 0.717) is 0 Å². The summed E-state index contributed by atoms with van der Waals surface area (Å²) < 4.78 is 39.1. The molecule has 1 N–H and O–H groups in total. The van der Waals surface area contributed by atoms with Gasteiger partial charge in [0.1, 0.15) is 10.7 Å². The summed E-state index contributed by atoms with van der Waals surface area (Å²) in [7, 11) is -3.95. The molecule has 0 saturated heterocycles. The van der Waals surface area contributed by atoms with Gasteiger partial charge in [-0.3, -0.25) is 4.79 Å². The molecule has 1 amide bonds. The molecule has 4 nitrogen and oxygen atoms in total. The lowest BCUT2D eigenvalue weighted by Gasteiger charge is -2.32. The highest BCUT2D eigenvalue weighted by atomic mass is 32.2. The van der Waals surface area contributed by atoms with Crippen molar-refractivity contribution in [1.82, 2.24) is 5.32 Å². The first-order chi connectivity index (χ1) is 12.0. The molecule has 0 atom stereocenters. The number of carbonyl (C=O) groups is 1. The van der Waals surface area contributed by atoms with Crippen LogP contribution in [0.1, 0.15) is 33.3 Å². The Kier molecular flexibility index (Phi) is 5.56. The third kappa shape index (κ3) is 4.49. The van der Waals surface area contributed by atoms with Crippen LogP contribution in [0.15, 0.2) is 59.5 Å². The third-order valence-electron chi connectivity index (χ3n) is 4.26. The monoisotopic (exact) mass is 377 g/mol. The topological polar surface area (TPSA) is 63.2 Å². The highest BCUT2D eigenvalue weighted by Gasteiger charge is 2.37. The molecule has 0 aromatic heterocycles. The van der Waals surface area contributed by atoms with E-state index < -0.39 is 38.3 Å². The Labute approximate surface area is 154 Å². The Hall–Kier alpha value is -2.21. The van der Waals surface area contributed by atoms with Gasteiger partial charge in [-0.1, -0.05) is 56.3 Å². The number of rotatable bonds is 6. The molecule has 0 fully saturated rings. The molecular weight excluding hydrogens is 353 g/mol. The van der Waals surface area contributed by atoms with Crippen molar-refractivity contribution >= 4 is 15.7 Å². The molecule has 0 aliphatic carbocycles. The first kappa shape index (κ1) is 20.1. The number of sulfone groups is 1. The molecule has 2 aromatic carbocycles. The fraction of sp³-hybridized carbons (Fsp3) is 0.350. The lowest BCUT2D eigenvalue weighted by molar-refractivity contribution is -0.130. The highest BCUT2D eigenvalue weighted by Crippen LogP contribution is 2.27. The molecule has 2 rings (SSSR count). The van der Waals surface area contributed by atoms with E-state index in [2.05, 4.69) is 5.32 Å². The molecule has 0 spiro atoms. The quantitative estimate of drug-likeness (QED) is 0.835. The predicted molar refractivity (Wildman–Crippen MR) is 99.8 cm³/mol. The van der Waals surface area contributed by atoms with E-state index in [1.165, 1.54) is 18.2 Å². The predicted octanol–water partition coefficient (Wildman–Crippen LogP) is 3.68. The zero-order chi connectivity index (χ0) is 19.6. The Balaban J connectivity index is 2.21. The summed E-state index contributed by atoms with van der Waals surface area (Å²) in [5.41, 5.74) is -0.994. The van der Waals surface area contributed by atoms with Crippen LogP contribution in [0, 0.1) is 11.2 Å². The maximum atomic E-state index is 13.9. The van der Waals surface area contributed by atoms with Crippen LogP contribution in [0.3, 0.4) is 0 Å². The van der Waals surface area contributed by atoms with Crippen LogP contribution in [0.25, 0.3) is 0 Å². The first-order valence-electron chi connectivity index (χ1n) is 8.31. The lowest BCUT2D eigenvalue weighted by Crippen LogP contribution is -2.49. The van der Waals surface area contributed by atoms with Crippen molar-refractivity contribution in [1.29, 1.82) is 0 Å². The van der Waals surface area contributed by atoms with Crippen molar-refractivity contribution < 1.29 is 17.6 Å². The van der Waals surface area contributed by atoms with Gasteiger partial charge in [0, 0.05) is 0 Å². The van der Waals surface area contributed by atoms with Crippen LogP contribution < -0.4 is 5.32 Å². The molecule has 26 heavy (non-hydrogen) atoms. The summed E-state index contributed by atoms with van der Waals surface area (Å²) in [6.07, 6.45) is 0. The minimum atomic E-state index is -3.95. The Bertz CT molecular complexity index is 890. The zero-order valence-corrected chi connectivity index (χ0v) is 16.2. The second-order valence-corrected chi connectivity index (χ2v) is 9.48. The van der Waals surface area contributed by atoms with Gasteiger partial charge in [-0.2, -0.15) is 0 Å². The molecule has 0 saturated carbocycles. The number of benzene rings is 2. The van der Waals surface area contributed by atoms with Crippen LogP contribution in [0.4, 0.5) is 4.39 Å². The van der Waals surface area contributed by atoms with E-state index in [4.69, 9.17) is 0 Å². The van der Waals surface area contributed by atoms with Gasteiger partial charge in [-0.25, -0.2) is 12.8 Å². The van der Waals surface area contributed by atoms with Crippen molar-refractivity contribution in [3.05, 3.63) is 66.0 Å². The van der Waals surface area contributed by atoms with E-state index in [-0.39, 0.29) is 4.90 Å². The fourth-order valence-electron chi connectivity index (χ4n) is 2.70. The third-order valence-corrected chi connectivity index (χ3v) is 6.36. The fourth-order valence-corrected chi connectivity index (χ4v) is 4.58. The van der Waals surface area contributed by atoms with Gasteiger partial charge >= 0.3 is 0 Å². The van der Waals surface area contributed by atoms with Gasteiger partial charge in [-0.05, 0) is 31.5 Å². The average Bonchev–Trinajstić information content (AvgIpc) is 2.54. The van der Waals surface area contributed by atoms with E-state index in [9.17, 15) is 17.6 Å². The van der Waals surface area contributed by atoms with E-state index in [0.717, 1.165) is 11.6 Å². The molecule has 0 aliphatic rings. The molecule has 0 unspecified atom stereocenters. The van der Waals surface area contributed by atoms with Crippen molar-refractivity contribution in [2.75, 3.05) is 5.75 Å². The van der Waals surface area contributed by atoms with Gasteiger partial charge < -0.3 is 5.32 Å². The zero-order valence-electron chi connectivity index (χ0n) is 15.4. The molecule has 0 heterocycles. The number of carbonyl (C=O) groups excluding carboxylic acids is 1.